The predicted molar refractivity (Wildman–Crippen MR) is 90.8 cm³/mol. The number of halogens is 1. The number of nitrogens with zero attached hydrogens (tertiary/aromatic N) is 1. The summed E-state index contributed by atoms with van der Waals surface area (Å²) in [7, 11) is 1.40. The van der Waals surface area contributed by atoms with Crippen LogP contribution >= 0.6 is 24.2 Å². The van der Waals surface area contributed by atoms with E-state index in [4.69, 9.17) is 4.74 Å². The molecule has 3 rings (SSSR count). The van der Waals surface area contributed by atoms with Gasteiger partial charge < -0.3 is 4.74 Å². The lowest BCUT2D eigenvalue weighted by molar-refractivity contribution is 0.0600. The third kappa shape index (κ3) is 3.62. The molecule has 1 aromatic heterocycles. The number of rotatable bonds is 3. The molecule has 0 N–H and O–H groups in total. The summed E-state index contributed by atoms with van der Waals surface area (Å²) in [5, 5.41) is 0.402. The fourth-order valence-corrected chi connectivity index (χ4v) is 3.86. The molecule has 1 atom stereocenters. The molecule has 5 heteroatoms. The molecule has 0 fully saturated rings. The first-order chi connectivity index (χ1) is 10.3. The summed E-state index contributed by atoms with van der Waals surface area (Å²) in [5.41, 5.74) is 3.17. The van der Waals surface area contributed by atoms with Crippen LogP contribution in [-0.4, -0.2) is 18.1 Å². The van der Waals surface area contributed by atoms with E-state index in [1.807, 2.05) is 48.3 Å². The summed E-state index contributed by atoms with van der Waals surface area (Å²) in [6.45, 7) is 0. The predicted octanol–water partition coefficient (Wildman–Crippen LogP) is 4.46. The minimum atomic E-state index is -0.295. The van der Waals surface area contributed by atoms with Crippen LogP contribution in [0.2, 0.25) is 0 Å². The van der Waals surface area contributed by atoms with Crippen LogP contribution in [0.1, 0.15) is 39.7 Å². The Morgan fingerprint density at radius 2 is 2.05 bits per heavy atom. The number of methoxy groups -OCH3 is 1. The van der Waals surface area contributed by atoms with Crippen molar-refractivity contribution in [1.82, 2.24) is 4.98 Å². The number of ether oxygens (including phenoxy) is 1. The number of carbonyl (C=O) groups is 1. The van der Waals surface area contributed by atoms with Crippen LogP contribution in [0.3, 0.4) is 0 Å². The van der Waals surface area contributed by atoms with Crippen molar-refractivity contribution in [2.75, 3.05) is 7.11 Å². The SMILES string of the molecule is COC(=O)c1ccc(SC2CCCc3cccnc32)cc1.Cl. The molecule has 1 aromatic carbocycles. The Morgan fingerprint density at radius 1 is 1.27 bits per heavy atom. The van der Waals surface area contributed by atoms with Crippen LogP contribution in [0.4, 0.5) is 0 Å². The third-order valence-corrected chi connectivity index (χ3v) is 4.99. The Hall–Kier alpha value is -1.52. The molecule has 116 valence electrons. The summed E-state index contributed by atoms with van der Waals surface area (Å²) in [4.78, 5) is 17.2. The van der Waals surface area contributed by atoms with Crippen molar-refractivity contribution in [1.29, 1.82) is 0 Å². The first-order valence-electron chi connectivity index (χ1n) is 7.07. The normalized spacial score (nSPS) is 16.3. The zero-order valence-corrected chi connectivity index (χ0v) is 14.0. The van der Waals surface area contributed by atoms with Gasteiger partial charge in [-0.2, -0.15) is 0 Å². The van der Waals surface area contributed by atoms with Gasteiger partial charge in [-0.25, -0.2) is 4.79 Å². The van der Waals surface area contributed by atoms with Crippen molar-refractivity contribution < 1.29 is 9.53 Å². The van der Waals surface area contributed by atoms with E-state index in [0.717, 1.165) is 17.7 Å². The van der Waals surface area contributed by atoms with Crippen molar-refractivity contribution in [3.8, 4) is 0 Å². The number of thioether (sulfide) groups is 1. The molecule has 0 saturated heterocycles. The lowest BCUT2D eigenvalue weighted by Crippen LogP contribution is -2.09. The fourth-order valence-electron chi connectivity index (χ4n) is 2.63. The van der Waals surface area contributed by atoms with Crippen molar-refractivity contribution in [3.63, 3.8) is 0 Å². The highest BCUT2D eigenvalue weighted by Gasteiger charge is 2.22. The Balaban J connectivity index is 0.00000176. The largest absolute Gasteiger partial charge is 0.465 e. The van der Waals surface area contributed by atoms with Gasteiger partial charge in [0.05, 0.1) is 23.6 Å². The molecule has 1 aliphatic carbocycles. The molecule has 0 spiro atoms. The van der Waals surface area contributed by atoms with Crippen molar-refractivity contribution in [3.05, 3.63) is 59.4 Å². The minimum absolute atomic E-state index is 0. The summed E-state index contributed by atoms with van der Waals surface area (Å²) in [6.07, 6.45) is 5.35. The van der Waals surface area contributed by atoms with Crippen molar-refractivity contribution >= 4 is 30.1 Å². The number of aryl methyl sites for hydroxylation is 1. The third-order valence-electron chi connectivity index (χ3n) is 3.70. The van der Waals surface area contributed by atoms with E-state index in [1.165, 1.54) is 24.8 Å². The lowest BCUT2D eigenvalue weighted by atomic mass is 9.96. The van der Waals surface area contributed by atoms with Gasteiger partial charge in [0.15, 0.2) is 0 Å². The van der Waals surface area contributed by atoms with Gasteiger partial charge in [0.1, 0.15) is 0 Å². The smallest absolute Gasteiger partial charge is 0.337 e. The average molecular weight is 336 g/mol. The molecule has 1 aliphatic rings. The summed E-state index contributed by atoms with van der Waals surface area (Å²) >= 11 is 1.82. The topological polar surface area (TPSA) is 39.2 Å². The second-order valence-corrected chi connectivity index (χ2v) is 6.34. The van der Waals surface area contributed by atoms with Gasteiger partial charge in [-0.1, -0.05) is 6.07 Å². The quantitative estimate of drug-likeness (QED) is 0.776. The monoisotopic (exact) mass is 335 g/mol. The molecular weight excluding hydrogens is 318 g/mol. The zero-order valence-electron chi connectivity index (χ0n) is 12.3. The average Bonchev–Trinajstić information content (AvgIpc) is 2.55. The molecule has 0 radical (unpaired) electrons. The summed E-state index contributed by atoms with van der Waals surface area (Å²) < 4.78 is 4.72. The molecule has 22 heavy (non-hydrogen) atoms. The van der Waals surface area contributed by atoms with Crippen LogP contribution in [0.15, 0.2) is 47.5 Å². The van der Waals surface area contributed by atoms with Crippen LogP contribution < -0.4 is 0 Å². The van der Waals surface area contributed by atoms with Crippen molar-refractivity contribution in [2.24, 2.45) is 0 Å². The van der Waals surface area contributed by atoms with E-state index in [9.17, 15) is 4.79 Å². The van der Waals surface area contributed by atoms with Crippen molar-refractivity contribution in [2.45, 2.75) is 29.4 Å². The molecule has 0 bridgehead atoms. The number of aromatic nitrogens is 1. The Labute approximate surface area is 140 Å². The van der Waals surface area contributed by atoms with Gasteiger partial charge in [-0.15, -0.1) is 24.2 Å². The summed E-state index contributed by atoms with van der Waals surface area (Å²) in [5.74, 6) is -0.295. The van der Waals surface area contributed by atoms with Gasteiger partial charge >= 0.3 is 5.97 Å². The number of fused-ring (bicyclic) bond motifs is 1. The van der Waals surface area contributed by atoms with E-state index < -0.39 is 0 Å². The maximum Gasteiger partial charge on any atom is 0.337 e. The molecule has 1 heterocycles. The standard InChI is InChI=1S/C17H17NO2S.ClH/c1-20-17(19)13-7-9-14(10-8-13)21-15-6-2-4-12-5-3-11-18-16(12)15;/h3,5,7-11,15H,2,4,6H2,1H3;1H. The maximum absolute atomic E-state index is 11.4. The molecule has 1 unspecified atom stereocenters. The van der Waals surface area contributed by atoms with Gasteiger partial charge in [0.2, 0.25) is 0 Å². The van der Waals surface area contributed by atoms with Gasteiger partial charge in [0.25, 0.3) is 0 Å². The number of pyridine rings is 1. The molecular formula is C17H18ClNO2S. The zero-order chi connectivity index (χ0) is 14.7. The lowest BCUT2D eigenvalue weighted by Gasteiger charge is -2.23. The highest BCUT2D eigenvalue weighted by atomic mass is 35.5. The summed E-state index contributed by atoms with van der Waals surface area (Å²) in [6, 6.07) is 11.8. The molecule has 3 nitrogen and oxygen atoms in total. The number of hydrogen-bond acceptors (Lipinski definition) is 4. The molecule has 0 aliphatic heterocycles. The number of hydrogen-bond donors (Lipinski definition) is 0. The van der Waals surface area contributed by atoms with Gasteiger partial charge in [0, 0.05) is 11.1 Å². The van der Waals surface area contributed by atoms with Crippen LogP contribution in [0.25, 0.3) is 0 Å². The number of benzene rings is 1. The highest BCUT2D eigenvalue weighted by molar-refractivity contribution is 7.99. The van der Waals surface area contributed by atoms with Crippen LogP contribution in [0.5, 0.6) is 0 Å². The van der Waals surface area contributed by atoms with Crippen LogP contribution in [0, 0.1) is 0 Å². The highest BCUT2D eigenvalue weighted by Crippen LogP contribution is 2.42. The van der Waals surface area contributed by atoms with E-state index >= 15 is 0 Å². The number of carbonyl (C=O) groups excluding carboxylic acids is 1. The van der Waals surface area contributed by atoms with E-state index in [-0.39, 0.29) is 18.4 Å². The van der Waals surface area contributed by atoms with Gasteiger partial charge in [-0.3, -0.25) is 4.98 Å². The molecule has 0 saturated carbocycles. The minimum Gasteiger partial charge on any atom is -0.465 e. The Kier molecular flexibility index (Phi) is 5.86. The number of esters is 1. The fraction of sp³-hybridized carbons (Fsp3) is 0.294. The first-order valence-corrected chi connectivity index (χ1v) is 7.94. The van der Waals surface area contributed by atoms with Crippen LogP contribution in [-0.2, 0) is 11.2 Å². The van der Waals surface area contributed by atoms with E-state index in [0.29, 0.717) is 10.8 Å². The Morgan fingerprint density at radius 3 is 2.77 bits per heavy atom. The second kappa shape index (κ2) is 7.65. The first kappa shape index (κ1) is 16.8. The molecule has 0 amide bonds. The second-order valence-electron chi connectivity index (χ2n) is 5.06. The molecule has 2 aromatic rings. The Bertz CT molecular complexity index is 645. The van der Waals surface area contributed by atoms with E-state index in [1.54, 1.807) is 0 Å². The maximum atomic E-state index is 11.4. The van der Waals surface area contributed by atoms with E-state index in [2.05, 4.69) is 11.1 Å². The van der Waals surface area contributed by atoms with Gasteiger partial charge in [-0.05, 0) is 55.2 Å².